The van der Waals surface area contributed by atoms with Crippen LogP contribution in [-0.2, 0) is 11.2 Å². The van der Waals surface area contributed by atoms with Crippen molar-refractivity contribution in [1.29, 1.82) is 5.26 Å². The summed E-state index contributed by atoms with van der Waals surface area (Å²) in [4.78, 5) is 12.6. The third kappa shape index (κ3) is 8.51. The molecule has 37 heavy (non-hydrogen) atoms. The van der Waals surface area contributed by atoms with Crippen LogP contribution in [0.5, 0.6) is 23.0 Å². The van der Waals surface area contributed by atoms with Crippen molar-refractivity contribution in [3.05, 3.63) is 58.6 Å². The lowest BCUT2D eigenvalue weighted by atomic mass is 10.1. The lowest BCUT2D eigenvalue weighted by molar-refractivity contribution is -0.112. The van der Waals surface area contributed by atoms with Gasteiger partial charge in [0.2, 0.25) is 5.13 Å². The Labute approximate surface area is 220 Å². The average molecular weight is 523 g/mol. The molecule has 0 fully saturated rings. The monoisotopic (exact) mass is 522 g/mol. The summed E-state index contributed by atoms with van der Waals surface area (Å²) in [6, 6.07) is 14.4. The normalized spacial score (nSPS) is 11.1. The molecule has 0 bridgehead atoms. The number of carbonyl (C=O) groups is 1. The van der Waals surface area contributed by atoms with Crippen molar-refractivity contribution in [3.8, 4) is 29.1 Å². The first-order chi connectivity index (χ1) is 17.9. The molecule has 0 unspecified atom stereocenters. The minimum Gasteiger partial charge on any atom is -0.497 e. The molecule has 2 aromatic carbocycles. The van der Waals surface area contributed by atoms with E-state index in [1.54, 1.807) is 25.3 Å². The third-order valence-electron chi connectivity index (χ3n) is 4.88. The van der Waals surface area contributed by atoms with Gasteiger partial charge >= 0.3 is 0 Å². The molecule has 3 rings (SSSR count). The number of nitrogens with zero attached hydrogens (tertiary/aromatic N) is 3. The van der Waals surface area contributed by atoms with E-state index < -0.39 is 5.91 Å². The van der Waals surface area contributed by atoms with Crippen molar-refractivity contribution >= 4 is 28.5 Å². The van der Waals surface area contributed by atoms with E-state index in [9.17, 15) is 10.1 Å². The summed E-state index contributed by atoms with van der Waals surface area (Å²) in [5.41, 5.74) is 0.555. The van der Waals surface area contributed by atoms with Crippen LogP contribution in [0.3, 0.4) is 0 Å². The van der Waals surface area contributed by atoms with Crippen LogP contribution in [0.1, 0.15) is 31.3 Å². The predicted molar refractivity (Wildman–Crippen MR) is 142 cm³/mol. The Morgan fingerprint density at radius 3 is 2.46 bits per heavy atom. The molecule has 0 aliphatic heterocycles. The first-order valence-electron chi connectivity index (χ1n) is 11.8. The van der Waals surface area contributed by atoms with Crippen LogP contribution in [0.4, 0.5) is 5.13 Å². The van der Waals surface area contributed by atoms with Crippen molar-refractivity contribution < 1.29 is 23.7 Å². The van der Waals surface area contributed by atoms with Gasteiger partial charge in [-0.3, -0.25) is 10.1 Å². The fraction of sp³-hybridized carbons (Fsp3) is 0.333. The Balaban J connectivity index is 1.62. The molecule has 0 aliphatic carbocycles. The van der Waals surface area contributed by atoms with E-state index in [0.717, 1.165) is 17.2 Å². The zero-order valence-corrected chi connectivity index (χ0v) is 22.1. The van der Waals surface area contributed by atoms with Gasteiger partial charge in [-0.25, -0.2) is 0 Å². The minimum absolute atomic E-state index is 0.0652. The van der Waals surface area contributed by atoms with Gasteiger partial charge in [-0.1, -0.05) is 31.3 Å². The molecule has 9 nitrogen and oxygen atoms in total. The number of carbonyl (C=O) groups excluding carboxylic acids is 1. The lowest BCUT2D eigenvalue weighted by Gasteiger charge is -2.13. The maximum absolute atomic E-state index is 12.6. The Bertz CT molecular complexity index is 1250. The lowest BCUT2D eigenvalue weighted by Crippen LogP contribution is -2.13. The number of hydrogen-bond donors (Lipinski definition) is 1. The highest BCUT2D eigenvalue weighted by Crippen LogP contribution is 2.30. The van der Waals surface area contributed by atoms with Crippen LogP contribution in [0.25, 0.3) is 6.08 Å². The SMILES string of the molecule is CCOc1cc(C=C(C#N)C(=O)Nc2nnc(CC(C)C)s2)ccc1OCCOc1ccc(OC)cc1. The number of amides is 1. The van der Waals surface area contributed by atoms with Crippen LogP contribution < -0.4 is 24.3 Å². The summed E-state index contributed by atoms with van der Waals surface area (Å²) in [6.07, 6.45) is 2.27. The summed E-state index contributed by atoms with van der Waals surface area (Å²) in [5, 5.41) is 21.5. The fourth-order valence-electron chi connectivity index (χ4n) is 3.20. The summed E-state index contributed by atoms with van der Waals surface area (Å²) in [5.74, 6) is 2.38. The van der Waals surface area contributed by atoms with E-state index in [0.29, 0.717) is 53.7 Å². The molecule has 0 saturated heterocycles. The largest absolute Gasteiger partial charge is 0.497 e. The first-order valence-corrected chi connectivity index (χ1v) is 12.7. The van der Waals surface area contributed by atoms with Crippen LogP contribution in [0, 0.1) is 17.2 Å². The molecule has 1 N–H and O–H groups in total. The number of benzene rings is 2. The van der Waals surface area contributed by atoms with Crippen molar-refractivity contribution in [1.82, 2.24) is 10.2 Å². The molecule has 0 radical (unpaired) electrons. The summed E-state index contributed by atoms with van der Waals surface area (Å²) in [6.45, 7) is 7.09. The van der Waals surface area contributed by atoms with Gasteiger partial charge in [-0.15, -0.1) is 10.2 Å². The van der Waals surface area contributed by atoms with Gasteiger partial charge in [0, 0.05) is 6.42 Å². The molecule has 1 aromatic heterocycles. The topological polar surface area (TPSA) is 116 Å². The second-order valence-corrected chi connectivity index (χ2v) is 9.30. The van der Waals surface area contributed by atoms with Gasteiger partial charge in [0.25, 0.3) is 5.91 Å². The number of ether oxygens (including phenoxy) is 4. The maximum Gasteiger partial charge on any atom is 0.268 e. The number of rotatable bonds is 13. The van der Waals surface area contributed by atoms with Gasteiger partial charge in [-0.2, -0.15) is 5.26 Å². The third-order valence-corrected chi connectivity index (χ3v) is 5.74. The van der Waals surface area contributed by atoms with E-state index in [1.807, 2.05) is 37.3 Å². The summed E-state index contributed by atoms with van der Waals surface area (Å²) in [7, 11) is 1.61. The Hall–Kier alpha value is -4.10. The van der Waals surface area contributed by atoms with Gasteiger partial charge in [0.15, 0.2) is 11.5 Å². The molecule has 1 amide bonds. The molecule has 0 spiro atoms. The molecule has 0 saturated carbocycles. The van der Waals surface area contributed by atoms with E-state index in [2.05, 4.69) is 29.4 Å². The number of anilines is 1. The Morgan fingerprint density at radius 1 is 1.05 bits per heavy atom. The number of methoxy groups -OCH3 is 1. The van der Waals surface area contributed by atoms with E-state index >= 15 is 0 Å². The second kappa shape index (κ2) is 13.8. The zero-order valence-electron chi connectivity index (χ0n) is 21.3. The van der Waals surface area contributed by atoms with E-state index in [4.69, 9.17) is 18.9 Å². The van der Waals surface area contributed by atoms with Crippen LogP contribution in [0.2, 0.25) is 0 Å². The van der Waals surface area contributed by atoms with Crippen LogP contribution >= 0.6 is 11.3 Å². The summed E-state index contributed by atoms with van der Waals surface area (Å²) >= 11 is 1.30. The van der Waals surface area contributed by atoms with Crippen LogP contribution in [0.15, 0.2) is 48.0 Å². The first kappa shape index (κ1) is 27.5. The molecule has 0 atom stereocenters. The fourth-order valence-corrected chi connectivity index (χ4v) is 4.15. The zero-order chi connectivity index (χ0) is 26.6. The predicted octanol–water partition coefficient (Wildman–Crippen LogP) is 5.15. The molecule has 194 valence electrons. The number of aromatic nitrogens is 2. The summed E-state index contributed by atoms with van der Waals surface area (Å²) < 4.78 is 22.4. The highest BCUT2D eigenvalue weighted by Gasteiger charge is 2.14. The highest BCUT2D eigenvalue weighted by atomic mass is 32.1. The van der Waals surface area contributed by atoms with E-state index in [-0.39, 0.29) is 5.57 Å². The van der Waals surface area contributed by atoms with Gasteiger partial charge in [0.1, 0.15) is 41.4 Å². The smallest absolute Gasteiger partial charge is 0.268 e. The standard InChI is InChI=1S/C27H30N4O5S/c1-5-34-24-16-19(6-11-23(24)36-13-12-35-22-9-7-21(33-4)8-10-22)15-20(17-28)26(32)29-27-31-30-25(37-27)14-18(2)3/h6-11,15-16,18H,5,12-14H2,1-4H3,(H,29,31,32). The van der Waals surface area contributed by atoms with Crippen molar-refractivity contribution in [2.75, 3.05) is 32.2 Å². The van der Waals surface area contributed by atoms with Crippen LogP contribution in [-0.4, -0.2) is 43.0 Å². The molecule has 1 heterocycles. The Kier molecular flexibility index (Phi) is 10.3. The van der Waals surface area contributed by atoms with E-state index in [1.165, 1.54) is 17.4 Å². The molecule has 10 heteroatoms. The Morgan fingerprint density at radius 2 is 1.78 bits per heavy atom. The average Bonchev–Trinajstić information content (AvgIpc) is 3.32. The van der Waals surface area contributed by atoms with Gasteiger partial charge < -0.3 is 18.9 Å². The van der Waals surface area contributed by atoms with Crippen molar-refractivity contribution in [2.24, 2.45) is 5.92 Å². The highest BCUT2D eigenvalue weighted by molar-refractivity contribution is 7.15. The molecule has 3 aromatic rings. The second-order valence-electron chi connectivity index (χ2n) is 8.23. The quantitative estimate of drug-likeness (QED) is 0.186. The molecular formula is C27H30N4O5S. The minimum atomic E-state index is -0.552. The number of hydrogen-bond acceptors (Lipinski definition) is 9. The maximum atomic E-state index is 12.6. The number of nitrogens with one attached hydrogen (secondary N) is 1. The molecule has 0 aliphatic rings. The van der Waals surface area contributed by atoms with Gasteiger partial charge in [-0.05, 0) is 60.9 Å². The number of nitriles is 1. The van der Waals surface area contributed by atoms with Crippen molar-refractivity contribution in [3.63, 3.8) is 0 Å². The van der Waals surface area contributed by atoms with Gasteiger partial charge in [0.05, 0.1) is 13.7 Å². The molecular weight excluding hydrogens is 492 g/mol. The van der Waals surface area contributed by atoms with Crippen molar-refractivity contribution in [2.45, 2.75) is 27.2 Å².